The summed E-state index contributed by atoms with van der Waals surface area (Å²) in [7, 11) is 0. The second kappa shape index (κ2) is 7.84. The zero-order valence-electron chi connectivity index (χ0n) is 13.3. The summed E-state index contributed by atoms with van der Waals surface area (Å²) in [5.74, 6) is 0. The maximum atomic E-state index is 11.7. The molecule has 0 saturated carbocycles. The summed E-state index contributed by atoms with van der Waals surface area (Å²) < 4.78 is 5.25. The Labute approximate surface area is 122 Å². The van der Waals surface area contributed by atoms with Crippen molar-refractivity contribution in [3.05, 3.63) is 0 Å². The third-order valence-corrected chi connectivity index (χ3v) is 3.55. The van der Waals surface area contributed by atoms with E-state index >= 15 is 0 Å². The Balaban J connectivity index is 2.40. The van der Waals surface area contributed by atoms with Crippen molar-refractivity contribution in [3.63, 3.8) is 0 Å². The molecule has 5 nitrogen and oxygen atoms in total. The molecule has 0 aromatic heterocycles. The van der Waals surface area contributed by atoms with Crippen molar-refractivity contribution >= 4 is 6.09 Å². The molecule has 1 aliphatic heterocycles. The molecule has 0 spiro atoms. The van der Waals surface area contributed by atoms with Gasteiger partial charge in [-0.15, -0.1) is 0 Å². The first-order chi connectivity index (χ1) is 9.31. The van der Waals surface area contributed by atoms with Crippen molar-refractivity contribution in [1.82, 2.24) is 10.2 Å². The van der Waals surface area contributed by atoms with Gasteiger partial charge in [-0.25, -0.2) is 4.79 Å². The zero-order valence-corrected chi connectivity index (χ0v) is 13.3. The molecule has 1 fully saturated rings. The van der Waals surface area contributed by atoms with Crippen LogP contribution in [0.5, 0.6) is 0 Å². The number of amides is 1. The molecule has 20 heavy (non-hydrogen) atoms. The largest absolute Gasteiger partial charge is 0.444 e. The van der Waals surface area contributed by atoms with Gasteiger partial charge in [0.25, 0.3) is 0 Å². The number of hydrogen-bond donors (Lipinski definition) is 2. The lowest BCUT2D eigenvalue weighted by molar-refractivity contribution is 0.0443. The number of piperidine rings is 1. The van der Waals surface area contributed by atoms with Gasteiger partial charge in [0.15, 0.2) is 0 Å². The summed E-state index contributed by atoms with van der Waals surface area (Å²) in [5.41, 5.74) is -0.464. The Bertz CT molecular complexity index is 302. The number of carbonyl (C=O) groups excluding carboxylic acids is 1. The number of ether oxygens (including phenoxy) is 1. The molecule has 2 atom stereocenters. The number of aliphatic hydroxyl groups is 1. The minimum Gasteiger partial charge on any atom is -0.444 e. The van der Waals surface area contributed by atoms with E-state index < -0.39 is 5.60 Å². The van der Waals surface area contributed by atoms with E-state index in [4.69, 9.17) is 4.74 Å². The second-order valence-electron chi connectivity index (χ2n) is 6.59. The molecule has 1 saturated heterocycles. The Hall–Kier alpha value is -0.810. The quantitative estimate of drug-likeness (QED) is 0.813. The van der Waals surface area contributed by atoms with E-state index in [-0.39, 0.29) is 12.2 Å². The highest BCUT2D eigenvalue weighted by atomic mass is 16.6. The van der Waals surface area contributed by atoms with Crippen LogP contribution >= 0.6 is 0 Å². The first-order valence-electron chi connectivity index (χ1n) is 7.70. The van der Waals surface area contributed by atoms with E-state index in [9.17, 15) is 9.90 Å². The van der Waals surface area contributed by atoms with Gasteiger partial charge in [-0.1, -0.05) is 13.3 Å². The molecule has 5 heteroatoms. The zero-order chi connectivity index (χ0) is 15.2. The van der Waals surface area contributed by atoms with E-state index in [0.29, 0.717) is 19.1 Å². The monoisotopic (exact) mass is 286 g/mol. The van der Waals surface area contributed by atoms with Crippen LogP contribution in [-0.4, -0.2) is 53.5 Å². The number of aliphatic hydroxyl groups excluding tert-OH is 1. The van der Waals surface area contributed by atoms with Crippen LogP contribution in [0.4, 0.5) is 4.79 Å². The normalized spacial score (nSPS) is 22.4. The van der Waals surface area contributed by atoms with E-state index in [2.05, 4.69) is 10.2 Å². The third kappa shape index (κ3) is 6.57. The number of nitrogens with one attached hydrogen (secondary N) is 1. The van der Waals surface area contributed by atoms with Crippen molar-refractivity contribution in [2.75, 3.05) is 19.6 Å². The van der Waals surface area contributed by atoms with Gasteiger partial charge < -0.3 is 15.2 Å². The van der Waals surface area contributed by atoms with Gasteiger partial charge in [0.05, 0.1) is 6.10 Å². The fraction of sp³-hybridized carbons (Fsp3) is 0.933. The van der Waals surface area contributed by atoms with E-state index in [1.54, 1.807) is 0 Å². The molecule has 1 rings (SSSR count). The van der Waals surface area contributed by atoms with Crippen LogP contribution in [-0.2, 0) is 4.74 Å². The lowest BCUT2D eigenvalue weighted by Gasteiger charge is -2.37. The molecule has 0 aromatic carbocycles. The highest BCUT2D eigenvalue weighted by molar-refractivity contribution is 5.67. The molecule has 2 unspecified atom stereocenters. The molecule has 2 N–H and O–H groups in total. The Kier molecular flexibility index (Phi) is 6.76. The van der Waals surface area contributed by atoms with E-state index in [1.807, 2.05) is 27.7 Å². The van der Waals surface area contributed by atoms with E-state index in [1.165, 1.54) is 12.8 Å². The number of nitrogens with zero attached hydrogens (tertiary/aromatic N) is 1. The fourth-order valence-electron chi connectivity index (χ4n) is 2.45. The molecule has 0 aliphatic carbocycles. The minimum atomic E-state index is -0.464. The molecule has 1 amide bonds. The smallest absolute Gasteiger partial charge is 0.407 e. The summed E-state index contributed by atoms with van der Waals surface area (Å²) in [6.45, 7) is 9.84. The predicted molar refractivity (Wildman–Crippen MR) is 79.7 cm³/mol. The van der Waals surface area contributed by atoms with Crippen molar-refractivity contribution in [2.45, 2.75) is 71.1 Å². The molecular formula is C15H30N2O3. The first kappa shape index (κ1) is 17.2. The minimum absolute atomic E-state index is 0.280. The molecule has 1 heterocycles. The average Bonchev–Trinajstić information content (AvgIpc) is 2.35. The molecule has 118 valence electrons. The lowest BCUT2D eigenvalue weighted by atomic mass is 10.0. The topological polar surface area (TPSA) is 61.8 Å². The van der Waals surface area contributed by atoms with Crippen molar-refractivity contribution in [2.24, 2.45) is 0 Å². The van der Waals surface area contributed by atoms with Gasteiger partial charge >= 0.3 is 6.09 Å². The number of carbonyl (C=O) groups is 1. The molecule has 1 aliphatic rings. The summed E-state index contributed by atoms with van der Waals surface area (Å²) in [5, 5.41) is 12.7. The lowest BCUT2D eigenvalue weighted by Crippen LogP contribution is -2.49. The average molecular weight is 286 g/mol. The summed E-state index contributed by atoms with van der Waals surface area (Å²) in [4.78, 5) is 14.0. The van der Waals surface area contributed by atoms with Crippen LogP contribution in [0, 0.1) is 0 Å². The van der Waals surface area contributed by atoms with Crippen molar-refractivity contribution in [1.29, 1.82) is 0 Å². The maximum Gasteiger partial charge on any atom is 0.407 e. The maximum absolute atomic E-state index is 11.7. The van der Waals surface area contributed by atoms with Gasteiger partial charge in [0.2, 0.25) is 0 Å². The van der Waals surface area contributed by atoms with Crippen LogP contribution < -0.4 is 5.32 Å². The number of β-amino-alcohol motifs (C(OH)–C–C–N with tert-alkyl or cyclic N) is 1. The summed E-state index contributed by atoms with van der Waals surface area (Å²) >= 11 is 0. The van der Waals surface area contributed by atoms with Crippen LogP contribution in [0.1, 0.15) is 53.4 Å². The Morgan fingerprint density at radius 1 is 1.45 bits per heavy atom. The van der Waals surface area contributed by atoms with Crippen LogP contribution in [0.15, 0.2) is 0 Å². The fourth-order valence-corrected chi connectivity index (χ4v) is 2.45. The van der Waals surface area contributed by atoms with Crippen LogP contribution in [0.25, 0.3) is 0 Å². The Morgan fingerprint density at radius 2 is 2.15 bits per heavy atom. The predicted octanol–water partition coefficient (Wildman–Crippen LogP) is 2.14. The van der Waals surface area contributed by atoms with Crippen LogP contribution in [0.2, 0.25) is 0 Å². The van der Waals surface area contributed by atoms with Gasteiger partial charge in [-0.3, -0.25) is 4.90 Å². The molecular weight excluding hydrogens is 256 g/mol. The van der Waals surface area contributed by atoms with Crippen LogP contribution in [0.3, 0.4) is 0 Å². The number of alkyl carbamates (subject to hydrolysis) is 1. The van der Waals surface area contributed by atoms with Crippen molar-refractivity contribution < 1.29 is 14.6 Å². The highest BCUT2D eigenvalue weighted by Gasteiger charge is 2.25. The SMILES string of the molecule is CCC(O)CN1CCCCC1CNC(=O)OC(C)(C)C. The van der Waals surface area contributed by atoms with Gasteiger partial charge in [-0.05, 0) is 46.6 Å². The summed E-state index contributed by atoms with van der Waals surface area (Å²) in [6.07, 6.45) is 3.53. The first-order valence-corrected chi connectivity index (χ1v) is 7.70. The highest BCUT2D eigenvalue weighted by Crippen LogP contribution is 2.17. The second-order valence-corrected chi connectivity index (χ2v) is 6.59. The van der Waals surface area contributed by atoms with Gasteiger partial charge in [0.1, 0.15) is 5.60 Å². The number of hydrogen-bond acceptors (Lipinski definition) is 4. The van der Waals surface area contributed by atoms with Gasteiger partial charge in [-0.2, -0.15) is 0 Å². The van der Waals surface area contributed by atoms with Gasteiger partial charge in [0, 0.05) is 19.1 Å². The van der Waals surface area contributed by atoms with E-state index in [0.717, 1.165) is 19.4 Å². The molecule has 0 bridgehead atoms. The third-order valence-electron chi connectivity index (χ3n) is 3.55. The van der Waals surface area contributed by atoms with Crippen molar-refractivity contribution in [3.8, 4) is 0 Å². The standard InChI is InChI=1S/C15H30N2O3/c1-5-13(18)11-17-9-7-6-8-12(17)10-16-14(19)20-15(2,3)4/h12-13,18H,5-11H2,1-4H3,(H,16,19). The molecule has 0 radical (unpaired) electrons. The summed E-state index contributed by atoms with van der Waals surface area (Å²) in [6, 6.07) is 0.303. The number of likely N-dealkylation sites (tertiary alicyclic amines) is 1. The number of rotatable bonds is 5. The Morgan fingerprint density at radius 3 is 2.75 bits per heavy atom. The molecule has 0 aromatic rings.